The lowest BCUT2D eigenvalue weighted by molar-refractivity contribution is 0.0963. The van der Waals surface area contributed by atoms with Crippen molar-refractivity contribution in [1.82, 2.24) is 10.6 Å². The molecule has 0 spiro atoms. The van der Waals surface area contributed by atoms with Crippen molar-refractivity contribution in [3.63, 3.8) is 0 Å². The summed E-state index contributed by atoms with van der Waals surface area (Å²) >= 11 is 0. The summed E-state index contributed by atoms with van der Waals surface area (Å²) in [6, 6.07) is 14.9. The molecule has 1 fully saturated rings. The molecule has 5 rings (SSSR count). The number of urea groups is 1. The minimum Gasteiger partial charge on any atom is -0.355 e. The van der Waals surface area contributed by atoms with Crippen LogP contribution in [-0.2, 0) is 12.8 Å². The quantitative estimate of drug-likeness (QED) is 0.438. The monoisotopic (exact) mass is 472 g/mol. The van der Waals surface area contributed by atoms with Gasteiger partial charge in [-0.3, -0.25) is 9.59 Å². The lowest BCUT2D eigenvalue weighted by atomic mass is 9.96. The highest BCUT2D eigenvalue weighted by Gasteiger charge is 2.24. The van der Waals surface area contributed by atoms with Crippen molar-refractivity contribution in [3.05, 3.63) is 88.2 Å². The Morgan fingerprint density at radius 2 is 1.63 bits per heavy atom. The van der Waals surface area contributed by atoms with Gasteiger partial charge >= 0.3 is 6.03 Å². The highest BCUT2D eigenvalue weighted by Crippen LogP contribution is 2.30. The maximum atomic E-state index is 14.2. The number of amides is 3. The zero-order chi connectivity index (χ0) is 24.5. The molecule has 2 aliphatic carbocycles. The topological polar surface area (TPSA) is 99.3 Å². The van der Waals surface area contributed by atoms with Crippen molar-refractivity contribution in [3.8, 4) is 0 Å². The van der Waals surface area contributed by atoms with E-state index in [9.17, 15) is 18.8 Å². The molecule has 7 nitrogen and oxygen atoms in total. The number of nitrogens with one attached hydrogen (secondary N) is 4. The summed E-state index contributed by atoms with van der Waals surface area (Å²) in [5.41, 5.74) is 4.83. The molecule has 0 bridgehead atoms. The Balaban J connectivity index is 1.36. The Labute approximate surface area is 202 Å². The van der Waals surface area contributed by atoms with Gasteiger partial charge in [0, 0.05) is 41.2 Å². The number of anilines is 3. The van der Waals surface area contributed by atoms with Crippen LogP contribution < -0.4 is 21.3 Å². The average molecular weight is 473 g/mol. The van der Waals surface area contributed by atoms with Crippen molar-refractivity contribution >= 4 is 34.8 Å². The van der Waals surface area contributed by atoms with Crippen LogP contribution in [-0.4, -0.2) is 30.8 Å². The lowest BCUT2D eigenvalue weighted by Gasteiger charge is -2.13. The number of hydrogen-bond acceptors (Lipinski definition) is 4. The van der Waals surface area contributed by atoms with Crippen molar-refractivity contribution in [2.75, 3.05) is 17.7 Å². The summed E-state index contributed by atoms with van der Waals surface area (Å²) in [4.78, 5) is 37.3. The Kier molecular flexibility index (Phi) is 5.94. The van der Waals surface area contributed by atoms with E-state index < -0.39 is 11.8 Å². The second-order valence-electron chi connectivity index (χ2n) is 8.84. The Bertz CT molecular complexity index is 1350. The van der Waals surface area contributed by atoms with E-state index in [4.69, 9.17) is 0 Å². The van der Waals surface area contributed by atoms with Gasteiger partial charge in [-0.15, -0.1) is 0 Å². The van der Waals surface area contributed by atoms with Gasteiger partial charge in [0.1, 0.15) is 5.82 Å². The van der Waals surface area contributed by atoms with Crippen molar-refractivity contribution in [1.29, 1.82) is 0 Å². The normalized spacial score (nSPS) is 14.3. The van der Waals surface area contributed by atoms with Crippen LogP contribution in [0, 0.1) is 5.82 Å². The number of aryl methyl sites for hydroxylation is 2. The van der Waals surface area contributed by atoms with Crippen molar-refractivity contribution in [2.24, 2.45) is 0 Å². The van der Waals surface area contributed by atoms with E-state index in [-0.39, 0.29) is 23.4 Å². The van der Waals surface area contributed by atoms with E-state index in [1.807, 2.05) is 12.1 Å². The smallest absolute Gasteiger partial charge is 0.319 e. The van der Waals surface area contributed by atoms with E-state index in [1.54, 1.807) is 37.4 Å². The molecule has 3 aromatic carbocycles. The van der Waals surface area contributed by atoms with Gasteiger partial charge in [0.05, 0.1) is 5.69 Å². The van der Waals surface area contributed by atoms with E-state index in [0.29, 0.717) is 35.2 Å². The molecule has 0 heterocycles. The largest absolute Gasteiger partial charge is 0.355 e. The molecule has 8 heteroatoms. The van der Waals surface area contributed by atoms with Crippen molar-refractivity contribution in [2.45, 2.75) is 31.7 Å². The van der Waals surface area contributed by atoms with E-state index in [2.05, 4.69) is 21.3 Å². The number of rotatable bonds is 5. The molecule has 0 aromatic heterocycles. The highest BCUT2D eigenvalue weighted by atomic mass is 19.1. The number of carbonyl (C=O) groups is 3. The molecule has 178 valence electrons. The maximum Gasteiger partial charge on any atom is 0.319 e. The second kappa shape index (κ2) is 9.21. The molecule has 1 saturated carbocycles. The van der Waals surface area contributed by atoms with Gasteiger partial charge in [-0.05, 0) is 85.3 Å². The number of carbonyl (C=O) groups excluding carboxylic acids is 3. The third-order valence-corrected chi connectivity index (χ3v) is 6.27. The first-order valence-corrected chi connectivity index (χ1v) is 11.6. The van der Waals surface area contributed by atoms with Gasteiger partial charge in [0.15, 0.2) is 5.78 Å². The minimum absolute atomic E-state index is 0.0838. The zero-order valence-electron chi connectivity index (χ0n) is 19.2. The molecular formula is C27H25FN4O3. The van der Waals surface area contributed by atoms with Gasteiger partial charge < -0.3 is 21.3 Å². The van der Waals surface area contributed by atoms with Crippen LogP contribution in [0.1, 0.15) is 50.2 Å². The van der Waals surface area contributed by atoms with Gasteiger partial charge in [-0.2, -0.15) is 0 Å². The number of fused-ring (bicyclic) bond motifs is 2. The van der Waals surface area contributed by atoms with E-state index in [1.165, 1.54) is 12.1 Å². The van der Waals surface area contributed by atoms with Gasteiger partial charge in [-0.1, -0.05) is 6.07 Å². The first-order valence-electron chi connectivity index (χ1n) is 11.6. The lowest BCUT2D eigenvalue weighted by Crippen LogP contribution is -2.30. The van der Waals surface area contributed by atoms with Gasteiger partial charge in [0.25, 0.3) is 5.91 Å². The number of halogens is 1. The summed E-state index contributed by atoms with van der Waals surface area (Å²) < 4.78 is 14.2. The Morgan fingerprint density at radius 1 is 0.886 bits per heavy atom. The van der Waals surface area contributed by atoms with Crippen LogP contribution in [0.3, 0.4) is 0 Å². The predicted octanol–water partition coefficient (Wildman–Crippen LogP) is 4.54. The number of benzene rings is 3. The summed E-state index contributed by atoms with van der Waals surface area (Å²) in [5.74, 6) is -0.870. The van der Waals surface area contributed by atoms with E-state index >= 15 is 0 Å². The SMILES string of the molecule is CNC(=O)c1ccc2c(c1)C(=O)c1ccc(Nc3ccc(F)c(NC(=O)NC4CC4)c3)cc1CC2. The Hall–Kier alpha value is -4.20. The summed E-state index contributed by atoms with van der Waals surface area (Å²) in [6.45, 7) is 0. The molecule has 3 aromatic rings. The van der Waals surface area contributed by atoms with Gasteiger partial charge in [-0.25, -0.2) is 9.18 Å². The summed E-state index contributed by atoms with van der Waals surface area (Å²) in [7, 11) is 1.56. The molecule has 0 atom stereocenters. The number of ketones is 1. The minimum atomic E-state index is -0.525. The first-order chi connectivity index (χ1) is 16.9. The molecule has 4 N–H and O–H groups in total. The van der Waals surface area contributed by atoms with Gasteiger partial charge in [0.2, 0.25) is 0 Å². The van der Waals surface area contributed by atoms with Crippen LogP contribution in [0.5, 0.6) is 0 Å². The van der Waals surface area contributed by atoms with Crippen LogP contribution in [0.2, 0.25) is 0 Å². The first kappa shape index (κ1) is 22.6. The maximum absolute atomic E-state index is 14.2. The third-order valence-electron chi connectivity index (χ3n) is 6.27. The predicted molar refractivity (Wildman–Crippen MR) is 132 cm³/mol. The third kappa shape index (κ3) is 4.87. The number of hydrogen-bond donors (Lipinski definition) is 4. The van der Waals surface area contributed by atoms with Crippen LogP contribution in [0.25, 0.3) is 0 Å². The van der Waals surface area contributed by atoms with E-state index in [0.717, 1.165) is 29.7 Å². The van der Waals surface area contributed by atoms with Crippen LogP contribution in [0.4, 0.5) is 26.2 Å². The standard InChI is InChI=1S/C27H25FN4O3/c1-29-26(34)17-5-3-15-2-4-16-12-19(8-10-21(16)25(33)22(15)13-17)30-20-9-11-23(28)24(14-20)32-27(35)31-18-6-7-18/h3,5,8-14,18,30H,2,4,6-7H2,1H3,(H,29,34)(H2,31,32,35). The fraction of sp³-hybridized carbons (Fsp3) is 0.222. The summed E-state index contributed by atoms with van der Waals surface area (Å²) in [5, 5.41) is 11.2. The molecular weight excluding hydrogens is 447 g/mol. The second-order valence-corrected chi connectivity index (χ2v) is 8.84. The molecule has 0 radical (unpaired) electrons. The molecule has 3 amide bonds. The fourth-order valence-electron chi connectivity index (χ4n) is 4.24. The molecule has 0 unspecified atom stereocenters. The van der Waals surface area contributed by atoms with Crippen LogP contribution in [0.15, 0.2) is 54.6 Å². The van der Waals surface area contributed by atoms with Crippen molar-refractivity contribution < 1.29 is 18.8 Å². The van der Waals surface area contributed by atoms with Crippen LogP contribution >= 0.6 is 0 Å². The average Bonchev–Trinajstić information content (AvgIpc) is 3.68. The summed E-state index contributed by atoms with van der Waals surface area (Å²) in [6.07, 6.45) is 3.23. The fourth-order valence-corrected chi connectivity index (χ4v) is 4.24. The Morgan fingerprint density at radius 3 is 2.40 bits per heavy atom. The highest BCUT2D eigenvalue weighted by molar-refractivity contribution is 6.12. The molecule has 35 heavy (non-hydrogen) atoms. The molecule has 0 saturated heterocycles. The zero-order valence-corrected chi connectivity index (χ0v) is 19.2. The molecule has 2 aliphatic rings. The molecule has 0 aliphatic heterocycles.